The fourth-order valence-electron chi connectivity index (χ4n) is 6.34. The number of aliphatic imine (C=N–C) groups is 1. The van der Waals surface area contributed by atoms with Crippen LogP contribution < -0.4 is 18.9 Å². The van der Waals surface area contributed by atoms with Crippen molar-refractivity contribution in [3.63, 3.8) is 0 Å². The van der Waals surface area contributed by atoms with Gasteiger partial charge in [0.25, 0.3) is 0 Å². The molecule has 0 fully saturated rings. The second kappa shape index (κ2) is 22.6. The molecule has 298 valence electrons. The van der Waals surface area contributed by atoms with Gasteiger partial charge in [-0.05, 0) is 170 Å². The Labute approximate surface area is 347 Å². The molecule has 1 N–H and O–H groups in total. The Hall–Kier alpha value is -7.03. The molecule has 0 unspecified atom stereocenters. The molecular weight excluding hydrogens is 735 g/mol. The summed E-state index contributed by atoms with van der Waals surface area (Å²) in [6, 6.07) is 48.5. The zero-order valence-corrected chi connectivity index (χ0v) is 33.3. The first-order valence-corrected chi connectivity index (χ1v) is 20.3. The van der Waals surface area contributed by atoms with E-state index in [1.165, 1.54) is 0 Å². The molecule has 0 saturated heterocycles. The maximum Gasteiger partial charge on any atom is 0.160 e. The third-order valence-corrected chi connectivity index (χ3v) is 9.73. The number of hydrogen-bond acceptors (Lipinski definition) is 8. The van der Waals surface area contributed by atoms with Gasteiger partial charge in [0, 0.05) is 6.21 Å². The van der Waals surface area contributed by atoms with Crippen LogP contribution in [0.3, 0.4) is 0 Å². The second-order valence-electron chi connectivity index (χ2n) is 14.1. The van der Waals surface area contributed by atoms with E-state index in [-0.39, 0.29) is 5.75 Å². The Morgan fingerprint density at radius 3 is 1.20 bits per heavy atom. The maximum atomic E-state index is 10.5. The van der Waals surface area contributed by atoms with Crippen LogP contribution in [-0.4, -0.2) is 37.7 Å². The predicted octanol–water partition coefficient (Wildman–Crippen LogP) is 12.3. The Morgan fingerprint density at radius 2 is 0.814 bits per heavy atom. The van der Waals surface area contributed by atoms with Crippen molar-refractivity contribution in [1.29, 1.82) is 10.5 Å². The highest BCUT2D eigenvalue weighted by Crippen LogP contribution is 2.28. The molecule has 0 aliphatic rings. The minimum absolute atomic E-state index is 0.0930. The lowest BCUT2D eigenvalue weighted by Gasteiger charge is -2.09. The Bertz CT molecular complexity index is 2290. The van der Waals surface area contributed by atoms with E-state index in [0.29, 0.717) is 43.3 Å². The van der Waals surface area contributed by atoms with Gasteiger partial charge in [0.05, 0.1) is 55.4 Å². The van der Waals surface area contributed by atoms with Crippen LogP contribution in [0, 0.1) is 22.7 Å². The molecule has 0 radical (unpaired) electrons. The highest BCUT2D eigenvalue weighted by atomic mass is 16.5. The second-order valence-corrected chi connectivity index (χ2v) is 14.1. The SMILES string of the molecule is N#Cc1ccc(-c2ccc(OCCCCCCOc3ccc(N=Cc4ccc(OCCCCCCOc5ccc(-c6ccc(C#N)cc6)cc5)c(O)c4)cc3)cc2)cc1. The number of benzene rings is 6. The van der Waals surface area contributed by atoms with Gasteiger partial charge in [0.2, 0.25) is 0 Å². The molecule has 8 nitrogen and oxygen atoms in total. The van der Waals surface area contributed by atoms with E-state index in [2.05, 4.69) is 17.1 Å². The standard InChI is InChI=1S/C51H49N3O5/c52-36-39-9-14-42(15-10-39)44-18-24-47(25-19-44)56-31-5-1-2-6-33-58-49-28-22-46(23-29-49)54-38-41-13-30-51(50(55)35-41)59-34-8-4-3-7-32-57-48-26-20-45(21-27-48)43-16-11-40(37-53)12-17-43/h9-30,35,38,55H,1-8,31-34H2. The summed E-state index contributed by atoms with van der Waals surface area (Å²) in [6.45, 7) is 2.52. The summed E-state index contributed by atoms with van der Waals surface area (Å²) in [5, 5.41) is 28.5. The smallest absolute Gasteiger partial charge is 0.160 e. The maximum absolute atomic E-state index is 10.5. The van der Waals surface area contributed by atoms with Crippen LogP contribution in [0.4, 0.5) is 5.69 Å². The van der Waals surface area contributed by atoms with Crippen LogP contribution in [0.1, 0.15) is 68.1 Å². The molecule has 0 spiro atoms. The van der Waals surface area contributed by atoms with Gasteiger partial charge in [0.15, 0.2) is 11.5 Å². The van der Waals surface area contributed by atoms with Crippen molar-refractivity contribution in [3.05, 3.63) is 156 Å². The first kappa shape index (κ1) is 41.6. The van der Waals surface area contributed by atoms with E-state index in [4.69, 9.17) is 29.5 Å². The number of phenolic OH excluding ortho intramolecular Hbond substituents is 1. The summed E-state index contributed by atoms with van der Waals surface area (Å²) < 4.78 is 23.6. The zero-order chi connectivity index (χ0) is 40.9. The molecule has 0 heterocycles. The Morgan fingerprint density at radius 1 is 0.441 bits per heavy atom. The zero-order valence-electron chi connectivity index (χ0n) is 33.3. The average molecular weight is 784 g/mol. The summed E-state index contributed by atoms with van der Waals surface area (Å²) in [5.41, 5.74) is 7.21. The van der Waals surface area contributed by atoms with Crippen LogP contribution in [0.25, 0.3) is 22.3 Å². The highest BCUT2D eigenvalue weighted by Gasteiger charge is 2.05. The molecule has 0 bridgehead atoms. The van der Waals surface area contributed by atoms with Crippen molar-refractivity contribution in [2.24, 2.45) is 4.99 Å². The molecule has 6 aromatic carbocycles. The number of aromatic hydroxyl groups is 1. The summed E-state index contributed by atoms with van der Waals surface area (Å²) in [5.74, 6) is 3.08. The topological polar surface area (TPSA) is 117 Å². The van der Waals surface area contributed by atoms with Gasteiger partial charge >= 0.3 is 0 Å². The first-order valence-electron chi connectivity index (χ1n) is 20.3. The van der Waals surface area contributed by atoms with E-state index >= 15 is 0 Å². The fourth-order valence-corrected chi connectivity index (χ4v) is 6.34. The summed E-state index contributed by atoms with van der Waals surface area (Å²) in [7, 11) is 0. The molecular formula is C51H49N3O5. The van der Waals surface area contributed by atoms with Crippen molar-refractivity contribution in [1.82, 2.24) is 0 Å². The third kappa shape index (κ3) is 13.6. The minimum atomic E-state index is 0.0930. The Balaban J connectivity index is 0.784. The molecule has 6 rings (SSSR count). The molecule has 6 aromatic rings. The van der Waals surface area contributed by atoms with Crippen molar-refractivity contribution in [2.75, 3.05) is 26.4 Å². The average Bonchev–Trinajstić information content (AvgIpc) is 3.29. The van der Waals surface area contributed by atoms with Crippen LogP contribution in [-0.2, 0) is 0 Å². The lowest BCUT2D eigenvalue weighted by atomic mass is 10.0. The number of nitriles is 2. The quantitative estimate of drug-likeness (QED) is 0.0538. The number of unbranched alkanes of at least 4 members (excludes halogenated alkanes) is 6. The number of ether oxygens (including phenoxy) is 4. The third-order valence-electron chi connectivity index (χ3n) is 9.73. The minimum Gasteiger partial charge on any atom is -0.504 e. The van der Waals surface area contributed by atoms with Gasteiger partial charge in [-0.2, -0.15) is 10.5 Å². The normalized spacial score (nSPS) is 10.8. The van der Waals surface area contributed by atoms with E-state index in [1.54, 1.807) is 18.3 Å². The van der Waals surface area contributed by atoms with Crippen molar-refractivity contribution in [2.45, 2.75) is 51.4 Å². The van der Waals surface area contributed by atoms with Gasteiger partial charge in [0.1, 0.15) is 17.2 Å². The van der Waals surface area contributed by atoms with Gasteiger partial charge < -0.3 is 24.1 Å². The van der Waals surface area contributed by atoms with Crippen molar-refractivity contribution >= 4 is 11.9 Å². The monoisotopic (exact) mass is 783 g/mol. The lowest BCUT2D eigenvalue weighted by molar-refractivity contribution is 0.279. The predicted molar refractivity (Wildman–Crippen MR) is 234 cm³/mol. The summed E-state index contributed by atoms with van der Waals surface area (Å²) >= 11 is 0. The van der Waals surface area contributed by atoms with Gasteiger partial charge in [-0.25, -0.2) is 0 Å². The molecule has 0 aromatic heterocycles. The van der Waals surface area contributed by atoms with E-state index in [0.717, 1.165) is 102 Å². The van der Waals surface area contributed by atoms with Crippen LogP contribution in [0.5, 0.6) is 28.7 Å². The number of nitrogens with zero attached hydrogens (tertiary/aromatic N) is 3. The molecule has 0 amide bonds. The van der Waals surface area contributed by atoms with Gasteiger partial charge in [-0.15, -0.1) is 0 Å². The van der Waals surface area contributed by atoms with E-state index in [1.807, 2.05) is 127 Å². The fraction of sp³-hybridized carbons (Fsp3) is 0.235. The van der Waals surface area contributed by atoms with E-state index < -0.39 is 0 Å². The largest absolute Gasteiger partial charge is 0.504 e. The molecule has 59 heavy (non-hydrogen) atoms. The molecule has 8 heteroatoms. The van der Waals surface area contributed by atoms with Crippen LogP contribution in [0.2, 0.25) is 0 Å². The number of phenols is 1. The van der Waals surface area contributed by atoms with Crippen LogP contribution in [0.15, 0.2) is 145 Å². The number of hydrogen-bond donors (Lipinski definition) is 1. The summed E-state index contributed by atoms with van der Waals surface area (Å²) in [4.78, 5) is 4.55. The number of rotatable bonds is 22. The van der Waals surface area contributed by atoms with Crippen molar-refractivity contribution in [3.8, 4) is 63.1 Å². The molecule has 0 aliphatic carbocycles. The van der Waals surface area contributed by atoms with Crippen LogP contribution >= 0.6 is 0 Å². The van der Waals surface area contributed by atoms with E-state index in [9.17, 15) is 5.11 Å². The van der Waals surface area contributed by atoms with Crippen molar-refractivity contribution < 1.29 is 24.1 Å². The first-order chi connectivity index (χ1) is 29.1. The molecule has 0 atom stereocenters. The lowest BCUT2D eigenvalue weighted by Crippen LogP contribution is -2.00. The van der Waals surface area contributed by atoms with Gasteiger partial charge in [-0.3, -0.25) is 4.99 Å². The van der Waals surface area contributed by atoms with Gasteiger partial charge in [-0.1, -0.05) is 48.5 Å². The summed E-state index contributed by atoms with van der Waals surface area (Å²) in [6.07, 6.45) is 9.69. The molecule has 0 saturated carbocycles. The Kier molecular flexibility index (Phi) is 16.0. The highest BCUT2D eigenvalue weighted by molar-refractivity contribution is 5.83. The molecule has 0 aliphatic heterocycles.